The van der Waals surface area contributed by atoms with E-state index in [9.17, 15) is 4.46 Å². The molecule has 0 aromatic carbocycles. The molecule has 0 aliphatic rings. The first-order chi connectivity index (χ1) is 7.93. The smallest absolute Gasteiger partial charge is 0.316 e. The van der Waals surface area contributed by atoms with Gasteiger partial charge in [-0.05, 0) is 6.04 Å². The van der Waals surface area contributed by atoms with Crippen molar-refractivity contribution in [3.63, 3.8) is 0 Å². The summed E-state index contributed by atoms with van der Waals surface area (Å²) in [6, 6.07) is 1.73. The summed E-state index contributed by atoms with van der Waals surface area (Å²) in [7, 11) is -1.49. The topological polar surface area (TPSA) is 78.1 Å². The molecule has 1 aromatic rings. The van der Waals surface area contributed by atoms with E-state index in [1.54, 1.807) is 0 Å². The van der Waals surface area contributed by atoms with Gasteiger partial charge in [0.15, 0.2) is 0 Å². The fourth-order valence-corrected chi connectivity index (χ4v) is 2.79. The van der Waals surface area contributed by atoms with E-state index in [4.69, 9.17) is 10.5 Å². The van der Waals surface area contributed by atoms with Crippen molar-refractivity contribution in [2.45, 2.75) is 32.9 Å². The van der Waals surface area contributed by atoms with Crippen molar-refractivity contribution in [2.24, 2.45) is 5.41 Å². The standard InChI is InChI=1S/C11H19N3O2Si/c1-4-17(15)8-11(2,3)7-16-10-13-5-9(12)6-14-10/h5-6H,4,7-8,12H2,1-3H3. The highest BCUT2D eigenvalue weighted by atomic mass is 28.3. The second-order valence-corrected chi connectivity index (χ2v) is 6.96. The molecular weight excluding hydrogens is 234 g/mol. The van der Waals surface area contributed by atoms with Crippen LogP contribution in [0, 0.1) is 5.41 Å². The van der Waals surface area contributed by atoms with Gasteiger partial charge >= 0.3 is 6.01 Å². The molecular formula is C11H19N3O2Si. The van der Waals surface area contributed by atoms with Crippen LogP contribution >= 0.6 is 0 Å². The van der Waals surface area contributed by atoms with E-state index in [0.717, 1.165) is 6.04 Å². The first-order valence-electron chi connectivity index (χ1n) is 5.65. The Morgan fingerprint density at radius 3 is 2.53 bits per heavy atom. The highest BCUT2D eigenvalue weighted by Crippen LogP contribution is 2.23. The van der Waals surface area contributed by atoms with Crippen LogP contribution in [0.2, 0.25) is 12.1 Å². The summed E-state index contributed by atoms with van der Waals surface area (Å²) in [4.78, 5) is 7.91. The lowest BCUT2D eigenvalue weighted by Crippen LogP contribution is -2.25. The van der Waals surface area contributed by atoms with Crippen LogP contribution in [0.5, 0.6) is 6.01 Å². The van der Waals surface area contributed by atoms with Gasteiger partial charge in [0, 0.05) is 11.5 Å². The molecule has 1 heterocycles. The number of rotatable bonds is 6. The third kappa shape index (κ3) is 5.03. The molecule has 5 nitrogen and oxygen atoms in total. The second-order valence-electron chi connectivity index (χ2n) is 4.82. The largest absolute Gasteiger partial charge is 0.463 e. The monoisotopic (exact) mass is 253 g/mol. The number of anilines is 1. The summed E-state index contributed by atoms with van der Waals surface area (Å²) in [5.74, 6) is 0. The number of ether oxygens (including phenoxy) is 1. The third-order valence-electron chi connectivity index (χ3n) is 2.31. The Morgan fingerprint density at radius 1 is 1.41 bits per heavy atom. The Morgan fingerprint density at radius 2 is 2.00 bits per heavy atom. The molecule has 0 atom stereocenters. The molecule has 2 N–H and O–H groups in total. The molecule has 0 aliphatic carbocycles. The van der Waals surface area contributed by atoms with Crippen molar-refractivity contribution < 1.29 is 9.20 Å². The SMILES string of the molecule is CC[Si](=O)CC(C)(C)COc1ncc(N)cn1. The van der Waals surface area contributed by atoms with Crippen molar-refractivity contribution in [1.82, 2.24) is 9.97 Å². The van der Waals surface area contributed by atoms with Gasteiger partial charge in [0.25, 0.3) is 8.68 Å². The minimum Gasteiger partial charge on any atom is -0.463 e. The van der Waals surface area contributed by atoms with E-state index >= 15 is 0 Å². The van der Waals surface area contributed by atoms with Gasteiger partial charge in [-0.15, -0.1) is 0 Å². The molecule has 0 radical (unpaired) electrons. The van der Waals surface area contributed by atoms with Gasteiger partial charge in [-0.1, -0.05) is 20.8 Å². The molecule has 0 fully saturated rings. The Bertz CT molecular complexity index is 379. The highest BCUT2D eigenvalue weighted by Gasteiger charge is 2.23. The van der Waals surface area contributed by atoms with Gasteiger partial charge in [0.2, 0.25) is 0 Å². The normalized spacial score (nSPS) is 11.2. The number of nitrogens with zero attached hydrogens (tertiary/aromatic N) is 2. The van der Waals surface area contributed by atoms with Crippen LogP contribution < -0.4 is 10.5 Å². The molecule has 0 spiro atoms. The van der Waals surface area contributed by atoms with Crippen LogP contribution in [-0.4, -0.2) is 25.3 Å². The summed E-state index contributed by atoms with van der Waals surface area (Å²) in [6.07, 6.45) is 3.01. The average molecular weight is 253 g/mol. The average Bonchev–Trinajstić information content (AvgIpc) is 2.28. The Balaban J connectivity index is 2.49. The zero-order valence-electron chi connectivity index (χ0n) is 10.6. The molecule has 0 amide bonds. The maximum absolute atomic E-state index is 11.6. The zero-order chi connectivity index (χ0) is 12.9. The number of aromatic nitrogens is 2. The summed E-state index contributed by atoms with van der Waals surface area (Å²) < 4.78 is 17.0. The van der Waals surface area contributed by atoms with E-state index in [1.807, 2.05) is 20.8 Å². The lowest BCUT2D eigenvalue weighted by atomic mass is 9.98. The van der Waals surface area contributed by atoms with Crippen LogP contribution in [0.3, 0.4) is 0 Å². The summed E-state index contributed by atoms with van der Waals surface area (Å²) in [5.41, 5.74) is 5.85. The van der Waals surface area contributed by atoms with E-state index in [0.29, 0.717) is 24.3 Å². The molecule has 0 saturated carbocycles. The lowest BCUT2D eigenvalue weighted by molar-refractivity contribution is 0.182. The van der Waals surface area contributed by atoms with Gasteiger partial charge in [-0.25, -0.2) is 9.97 Å². The summed E-state index contributed by atoms with van der Waals surface area (Å²) in [5, 5.41) is 0. The van der Waals surface area contributed by atoms with Crippen molar-refractivity contribution in [3.05, 3.63) is 12.4 Å². The predicted molar refractivity (Wildman–Crippen MR) is 67.4 cm³/mol. The molecule has 0 aliphatic heterocycles. The number of nitrogens with two attached hydrogens (primary N) is 1. The van der Waals surface area contributed by atoms with Crippen LogP contribution in [0.25, 0.3) is 0 Å². The quantitative estimate of drug-likeness (QED) is 0.783. The van der Waals surface area contributed by atoms with E-state index < -0.39 is 8.68 Å². The summed E-state index contributed by atoms with van der Waals surface area (Å²) >= 11 is 0. The molecule has 1 aromatic heterocycles. The second kappa shape index (κ2) is 5.86. The molecule has 0 unspecified atom stereocenters. The van der Waals surface area contributed by atoms with Crippen LogP contribution in [-0.2, 0) is 4.46 Å². The predicted octanol–water partition coefficient (Wildman–Crippen LogP) is 1.91. The minimum atomic E-state index is -1.49. The highest BCUT2D eigenvalue weighted by molar-refractivity contribution is 6.42. The maximum atomic E-state index is 11.6. The van der Waals surface area contributed by atoms with E-state index in [1.165, 1.54) is 12.4 Å². The van der Waals surface area contributed by atoms with Gasteiger partial charge in [0.1, 0.15) is 0 Å². The summed E-state index contributed by atoms with van der Waals surface area (Å²) in [6.45, 7) is 6.46. The van der Waals surface area contributed by atoms with Crippen molar-refractivity contribution >= 4 is 14.4 Å². The van der Waals surface area contributed by atoms with E-state index in [-0.39, 0.29) is 5.41 Å². The van der Waals surface area contributed by atoms with Gasteiger partial charge < -0.3 is 14.9 Å². The fourth-order valence-electron chi connectivity index (χ4n) is 1.37. The third-order valence-corrected chi connectivity index (χ3v) is 4.45. The lowest BCUT2D eigenvalue weighted by Gasteiger charge is -2.22. The fraction of sp³-hybridized carbons (Fsp3) is 0.636. The molecule has 6 heteroatoms. The van der Waals surface area contributed by atoms with Crippen molar-refractivity contribution in [3.8, 4) is 6.01 Å². The number of nitrogen functional groups attached to an aromatic ring is 1. The van der Waals surface area contributed by atoms with Crippen molar-refractivity contribution in [1.29, 1.82) is 0 Å². The number of hydrogen-bond acceptors (Lipinski definition) is 5. The Hall–Kier alpha value is -1.30. The Kier molecular flexibility index (Phi) is 4.74. The van der Waals surface area contributed by atoms with Crippen LogP contribution in [0.15, 0.2) is 12.4 Å². The first-order valence-corrected chi connectivity index (χ1v) is 7.47. The van der Waals surface area contributed by atoms with Crippen molar-refractivity contribution in [2.75, 3.05) is 12.3 Å². The molecule has 94 valence electrons. The molecule has 17 heavy (non-hydrogen) atoms. The zero-order valence-corrected chi connectivity index (χ0v) is 11.6. The van der Waals surface area contributed by atoms with E-state index in [2.05, 4.69) is 9.97 Å². The first kappa shape index (κ1) is 13.8. The number of hydrogen-bond donors (Lipinski definition) is 1. The molecule has 1 rings (SSSR count). The minimum absolute atomic E-state index is 0.128. The molecule has 0 saturated heterocycles. The van der Waals surface area contributed by atoms with Gasteiger partial charge in [0.05, 0.1) is 24.7 Å². The maximum Gasteiger partial charge on any atom is 0.316 e. The van der Waals surface area contributed by atoms with Crippen LogP contribution in [0.4, 0.5) is 5.69 Å². The van der Waals surface area contributed by atoms with Crippen LogP contribution in [0.1, 0.15) is 20.8 Å². The Labute approximate surface area is 103 Å². The van der Waals surface area contributed by atoms with Gasteiger partial charge in [-0.2, -0.15) is 0 Å². The van der Waals surface area contributed by atoms with Gasteiger partial charge in [-0.3, -0.25) is 0 Å². The molecule has 0 bridgehead atoms.